The molecular formula is C9H5BrN2O2S2. The van der Waals surface area contributed by atoms with Gasteiger partial charge in [-0.15, -0.1) is 0 Å². The van der Waals surface area contributed by atoms with Crippen molar-refractivity contribution >= 4 is 45.2 Å². The third kappa shape index (κ3) is 2.60. The quantitative estimate of drug-likeness (QED) is 0.942. The normalized spacial score (nSPS) is 10.3. The largest absolute Gasteiger partial charge is 0.478 e. The molecule has 1 N–H and O–H groups in total. The molecule has 0 saturated heterocycles. The number of hydrogen-bond donors (Lipinski definition) is 1. The fourth-order valence-electron chi connectivity index (χ4n) is 1.06. The first-order chi connectivity index (χ1) is 7.66. The highest BCUT2D eigenvalue weighted by Gasteiger charge is 2.12. The summed E-state index contributed by atoms with van der Waals surface area (Å²) in [5, 5.41) is 9.02. The zero-order chi connectivity index (χ0) is 11.5. The molecule has 4 nitrogen and oxygen atoms in total. The van der Waals surface area contributed by atoms with Crippen molar-refractivity contribution < 1.29 is 9.90 Å². The minimum Gasteiger partial charge on any atom is -0.478 e. The molecule has 7 heteroatoms. The lowest BCUT2D eigenvalue weighted by Gasteiger charge is -2.03. The number of carboxylic acid groups (broad SMARTS) is 1. The first-order valence-corrected chi connectivity index (χ1v) is 6.52. The molecule has 2 aromatic rings. The van der Waals surface area contributed by atoms with Crippen LogP contribution in [0.25, 0.3) is 0 Å². The molecule has 0 amide bonds. The fraction of sp³-hybridized carbons (Fsp3) is 0. The summed E-state index contributed by atoms with van der Waals surface area (Å²) in [5.41, 5.74) is 0.267. The van der Waals surface area contributed by atoms with E-state index in [0.717, 1.165) is 8.81 Å². The van der Waals surface area contributed by atoms with Crippen LogP contribution in [0, 0.1) is 0 Å². The van der Waals surface area contributed by atoms with Crippen LogP contribution in [0.15, 0.2) is 38.2 Å². The molecule has 1 aromatic carbocycles. The van der Waals surface area contributed by atoms with E-state index in [1.807, 2.05) is 0 Å². The number of rotatable bonds is 3. The van der Waals surface area contributed by atoms with Crippen LogP contribution in [-0.4, -0.2) is 20.4 Å². The second kappa shape index (κ2) is 4.94. The number of halogens is 1. The van der Waals surface area contributed by atoms with E-state index in [1.54, 1.807) is 18.2 Å². The van der Waals surface area contributed by atoms with Gasteiger partial charge in [-0.1, -0.05) is 27.7 Å². The average Bonchev–Trinajstić information content (AvgIpc) is 2.70. The van der Waals surface area contributed by atoms with E-state index >= 15 is 0 Å². The molecule has 1 heterocycles. The molecule has 0 fully saturated rings. The summed E-state index contributed by atoms with van der Waals surface area (Å²) in [6, 6.07) is 5.03. The van der Waals surface area contributed by atoms with Gasteiger partial charge in [0.1, 0.15) is 6.33 Å². The minimum absolute atomic E-state index is 0.267. The lowest BCUT2D eigenvalue weighted by atomic mass is 10.2. The second-order valence-electron chi connectivity index (χ2n) is 2.75. The first-order valence-electron chi connectivity index (χ1n) is 4.14. The van der Waals surface area contributed by atoms with Crippen LogP contribution in [-0.2, 0) is 0 Å². The molecule has 2 rings (SSSR count). The van der Waals surface area contributed by atoms with Crippen LogP contribution in [0.2, 0.25) is 0 Å². The van der Waals surface area contributed by atoms with E-state index in [0.29, 0.717) is 4.90 Å². The van der Waals surface area contributed by atoms with Gasteiger partial charge < -0.3 is 5.11 Å². The highest BCUT2D eigenvalue weighted by Crippen LogP contribution is 2.32. The van der Waals surface area contributed by atoms with Crippen molar-refractivity contribution in [1.82, 2.24) is 9.36 Å². The number of hydrogen-bond acceptors (Lipinski definition) is 5. The van der Waals surface area contributed by atoms with Crippen molar-refractivity contribution in [3.8, 4) is 0 Å². The summed E-state index contributed by atoms with van der Waals surface area (Å²) in [7, 11) is 0. The van der Waals surface area contributed by atoms with Gasteiger partial charge >= 0.3 is 5.97 Å². The summed E-state index contributed by atoms with van der Waals surface area (Å²) in [4.78, 5) is 15.7. The monoisotopic (exact) mass is 316 g/mol. The van der Waals surface area contributed by atoms with E-state index in [-0.39, 0.29) is 5.56 Å². The third-order valence-electron chi connectivity index (χ3n) is 1.71. The van der Waals surface area contributed by atoms with Crippen molar-refractivity contribution in [3.05, 3.63) is 34.6 Å². The summed E-state index contributed by atoms with van der Waals surface area (Å²) >= 11 is 5.85. The molecule has 0 radical (unpaired) electrons. The summed E-state index contributed by atoms with van der Waals surface area (Å²) < 4.78 is 5.43. The molecule has 0 aliphatic rings. The Balaban J connectivity index is 2.38. The molecule has 0 saturated carbocycles. The minimum atomic E-state index is -0.945. The highest BCUT2D eigenvalue weighted by atomic mass is 79.9. The first kappa shape index (κ1) is 11.6. The van der Waals surface area contributed by atoms with Gasteiger partial charge in [0.05, 0.1) is 5.56 Å². The molecule has 0 spiro atoms. The molecule has 0 aliphatic heterocycles. The lowest BCUT2D eigenvalue weighted by Crippen LogP contribution is -1.98. The summed E-state index contributed by atoms with van der Waals surface area (Å²) in [5.74, 6) is -0.945. The Labute approximate surface area is 108 Å². The predicted octanol–water partition coefficient (Wildman–Crippen LogP) is 3.15. The number of aromatic nitrogens is 2. The number of carbonyl (C=O) groups is 1. The maximum absolute atomic E-state index is 11.0. The standard InChI is InChI=1S/C9H5BrN2O2S2/c10-5-1-2-6(8(13)14)7(3-5)15-9-11-4-12-16-9/h1-4H,(H,13,14). The van der Waals surface area contributed by atoms with Crippen LogP contribution >= 0.6 is 39.2 Å². The Morgan fingerprint density at radius 3 is 2.94 bits per heavy atom. The Kier molecular flexibility index (Phi) is 3.57. The molecule has 0 aliphatic carbocycles. The molecule has 0 unspecified atom stereocenters. The number of aromatic carboxylic acids is 1. The molecule has 16 heavy (non-hydrogen) atoms. The molecular weight excluding hydrogens is 312 g/mol. The van der Waals surface area contributed by atoms with E-state index in [2.05, 4.69) is 25.3 Å². The van der Waals surface area contributed by atoms with Gasteiger partial charge in [0.2, 0.25) is 0 Å². The zero-order valence-corrected chi connectivity index (χ0v) is 11.0. The number of nitrogens with zero attached hydrogens (tertiary/aromatic N) is 2. The molecule has 1 aromatic heterocycles. The van der Waals surface area contributed by atoms with Crippen LogP contribution in [0.5, 0.6) is 0 Å². The van der Waals surface area contributed by atoms with Crippen molar-refractivity contribution in [2.24, 2.45) is 0 Å². The highest BCUT2D eigenvalue weighted by molar-refractivity contribution is 9.10. The van der Waals surface area contributed by atoms with Gasteiger partial charge in [0, 0.05) is 9.37 Å². The van der Waals surface area contributed by atoms with Crippen LogP contribution < -0.4 is 0 Å². The van der Waals surface area contributed by atoms with Gasteiger partial charge in [-0.25, -0.2) is 9.78 Å². The fourth-order valence-corrected chi connectivity index (χ4v) is 3.14. The summed E-state index contributed by atoms with van der Waals surface area (Å²) in [6.45, 7) is 0. The van der Waals surface area contributed by atoms with Gasteiger partial charge in [-0.05, 0) is 29.7 Å². The topological polar surface area (TPSA) is 63.1 Å². The Morgan fingerprint density at radius 2 is 2.31 bits per heavy atom. The smallest absolute Gasteiger partial charge is 0.336 e. The van der Waals surface area contributed by atoms with Crippen molar-refractivity contribution in [1.29, 1.82) is 0 Å². The van der Waals surface area contributed by atoms with Gasteiger partial charge in [0.25, 0.3) is 0 Å². The number of benzene rings is 1. The maximum Gasteiger partial charge on any atom is 0.336 e. The van der Waals surface area contributed by atoms with E-state index in [4.69, 9.17) is 5.11 Å². The average molecular weight is 317 g/mol. The van der Waals surface area contributed by atoms with Crippen LogP contribution in [0.4, 0.5) is 0 Å². The lowest BCUT2D eigenvalue weighted by molar-refractivity contribution is 0.0693. The van der Waals surface area contributed by atoms with Gasteiger partial charge in [0.15, 0.2) is 4.34 Å². The Morgan fingerprint density at radius 1 is 1.50 bits per heavy atom. The van der Waals surface area contributed by atoms with Crippen molar-refractivity contribution in [2.45, 2.75) is 9.24 Å². The third-order valence-corrected chi connectivity index (χ3v) is 3.98. The van der Waals surface area contributed by atoms with Crippen LogP contribution in [0.3, 0.4) is 0 Å². The van der Waals surface area contributed by atoms with E-state index in [9.17, 15) is 4.79 Å². The van der Waals surface area contributed by atoms with Crippen LogP contribution in [0.1, 0.15) is 10.4 Å². The Hall–Kier alpha value is -0.920. The van der Waals surface area contributed by atoms with Gasteiger partial charge in [-0.3, -0.25) is 0 Å². The SMILES string of the molecule is O=C(O)c1ccc(Br)cc1Sc1ncns1. The van der Waals surface area contributed by atoms with Gasteiger partial charge in [-0.2, -0.15) is 4.37 Å². The summed E-state index contributed by atoms with van der Waals surface area (Å²) in [6.07, 6.45) is 1.45. The van der Waals surface area contributed by atoms with E-state index < -0.39 is 5.97 Å². The molecule has 82 valence electrons. The Bertz CT molecular complexity index is 516. The van der Waals surface area contributed by atoms with Crippen molar-refractivity contribution in [3.63, 3.8) is 0 Å². The maximum atomic E-state index is 11.0. The zero-order valence-electron chi connectivity index (χ0n) is 7.75. The number of carboxylic acids is 1. The predicted molar refractivity (Wildman–Crippen MR) is 65.1 cm³/mol. The van der Waals surface area contributed by atoms with E-state index in [1.165, 1.54) is 29.6 Å². The van der Waals surface area contributed by atoms with Crippen molar-refractivity contribution in [2.75, 3.05) is 0 Å². The second-order valence-corrected chi connectivity index (χ2v) is 5.74. The molecule has 0 atom stereocenters. The molecule has 0 bridgehead atoms.